The first-order chi connectivity index (χ1) is 17.8. The van der Waals surface area contributed by atoms with E-state index in [9.17, 15) is 18.0 Å². The first-order valence-corrected chi connectivity index (χ1v) is 13.1. The fourth-order valence-electron chi connectivity index (χ4n) is 3.71. The van der Waals surface area contributed by atoms with Crippen LogP contribution in [-0.4, -0.2) is 31.6 Å². The van der Waals surface area contributed by atoms with Gasteiger partial charge in [0.05, 0.1) is 11.3 Å². The van der Waals surface area contributed by atoms with Crippen LogP contribution in [0.3, 0.4) is 0 Å². The summed E-state index contributed by atoms with van der Waals surface area (Å²) in [5.41, 5.74) is 3.26. The zero-order chi connectivity index (χ0) is 26.3. The number of hydrogen-bond acceptors (Lipinski definition) is 4. The molecule has 7 nitrogen and oxygen atoms in total. The molecule has 2 N–H and O–H groups in total. The molecule has 0 bridgehead atoms. The number of nitrogens with zero attached hydrogens (tertiary/aromatic N) is 1. The predicted octanol–water partition coefficient (Wildman–Crippen LogP) is 4.94. The van der Waals surface area contributed by atoms with E-state index < -0.39 is 10.0 Å². The van der Waals surface area contributed by atoms with Gasteiger partial charge in [-0.05, 0) is 59.7 Å². The minimum absolute atomic E-state index is 0.138. The van der Waals surface area contributed by atoms with Crippen molar-refractivity contribution >= 4 is 33.2 Å². The van der Waals surface area contributed by atoms with E-state index in [1.54, 1.807) is 36.4 Å². The summed E-state index contributed by atoms with van der Waals surface area (Å²) in [5, 5.41) is 5.58. The molecule has 0 aliphatic heterocycles. The largest absolute Gasteiger partial charge is 0.326 e. The number of amides is 2. The third-order valence-electron chi connectivity index (χ3n) is 5.71. The Morgan fingerprint density at radius 1 is 0.676 bits per heavy atom. The van der Waals surface area contributed by atoms with Gasteiger partial charge >= 0.3 is 0 Å². The van der Waals surface area contributed by atoms with Crippen LogP contribution in [0, 0.1) is 0 Å². The summed E-state index contributed by atoms with van der Waals surface area (Å²) in [6.45, 7) is 0.254. The van der Waals surface area contributed by atoms with Gasteiger partial charge in [-0.1, -0.05) is 60.7 Å². The maximum atomic E-state index is 12.9. The number of nitrogens with one attached hydrogen (secondary N) is 2. The van der Waals surface area contributed by atoms with E-state index in [0.29, 0.717) is 16.9 Å². The molecule has 4 rings (SSSR count). The molecule has 37 heavy (non-hydrogen) atoms. The molecule has 0 saturated heterocycles. The van der Waals surface area contributed by atoms with Gasteiger partial charge in [0.2, 0.25) is 15.9 Å². The van der Waals surface area contributed by atoms with E-state index >= 15 is 0 Å². The summed E-state index contributed by atoms with van der Waals surface area (Å²) in [5.74, 6) is -0.494. The SMILES string of the molecule is CN(Cc1ccccc1)S(=O)(=O)c1ccc(NC(=O)c2ccc(NC(=O)Cc3ccccc3)cc2)cc1. The Kier molecular flexibility index (Phi) is 8.12. The van der Waals surface area contributed by atoms with Crippen molar-refractivity contribution in [1.29, 1.82) is 0 Å². The van der Waals surface area contributed by atoms with Crippen LogP contribution in [0.5, 0.6) is 0 Å². The third kappa shape index (κ3) is 6.91. The summed E-state index contributed by atoms with van der Waals surface area (Å²) in [4.78, 5) is 25.0. The van der Waals surface area contributed by atoms with E-state index in [4.69, 9.17) is 0 Å². The Hall–Kier alpha value is -4.27. The lowest BCUT2D eigenvalue weighted by Gasteiger charge is -2.17. The molecule has 4 aromatic carbocycles. The molecule has 0 spiro atoms. The van der Waals surface area contributed by atoms with Crippen LogP contribution in [0.2, 0.25) is 0 Å². The van der Waals surface area contributed by atoms with Crippen LogP contribution in [0.1, 0.15) is 21.5 Å². The topological polar surface area (TPSA) is 95.6 Å². The molecule has 0 atom stereocenters. The lowest BCUT2D eigenvalue weighted by atomic mass is 10.1. The summed E-state index contributed by atoms with van der Waals surface area (Å²) in [7, 11) is -2.15. The zero-order valence-corrected chi connectivity index (χ0v) is 21.1. The van der Waals surface area contributed by atoms with E-state index in [0.717, 1.165) is 11.1 Å². The maximum absolute atomic E-state index is 12.9. The predicted molar refractivity (Wildman–Crippen MR) is 145 cm³/mol. The highest BCUT2D eigenvalue weighted by Crippen LogP contribution is 2.20. The fraction of sp³-hybridized carbons (Fsp3) is 0.103. The van der Waals surface area contributed by atoms with Gasteiger partial charge in [0.25, 0.3) is 5.91 Å². The van der Waals surface area contributed by atoms with Crippen molar-refractivity contribution in [2.24, 2.45) is 0 Å². The second kappa shape index (κ2) is 11.6. The van der Waals surface area contributed by atoms with Crippen LogP contribution in [0.25, 0.3) is 0 Å². The molecule has 0 aromatic heterocycles. The second-order valence-electron chi connectivity index (χ2n) is 8.51. The Balaban J connectivity index is 1.34. The van der Waals surface area contributed by atoms with Gasteiger partial charge in [0.1, 0.15) is 0 Å². The van der Waals surface area contributed by atoms with Crippen molar-refractivity contribution in [3.63, 3.8) is 0 Å². The molecule has 0 heterocycles. The van der Waals surface area contributed by atoms with E-state index in [2.05, 4.69) is 10.6 Å². The number of sulfonamides is 1. The first kappa shape index (κ1) is 25.8. The molecule has 2 amide bonds. The highest BCUT2D eigenvalue weighted by atomic mass is 32.2. The molecule has 0 radical (unpaired) electrons. The monoisotopic (exact) mass is 513 g/mol. The lowest BCUT2D eigenvalue weighted by Crippen LogP contribution is -2.26. The average molecular weight is 514 g/mol. The number of benzene rings is 4. The summed E-state index contributed by atoms with van der Waals surface area (Å²) in [6, 6.07) is 31.4. The smallest absolute Gasteiger partial charge is 0.255 e. The van der Waals surface area contributed by atoms with Gasteiger partial charge in [-0.2, -0.15) is 4.31 Å². The van der Waals surface area contributed by atoms with Crippen molar-refractivity contribution in [1.82, 2.24) is 4.31 Å². The highest BCUT2D eigenvalue weighted by Gasteiger charge is 2.21. The van der Waals surface area contributed by atoms with Crippen LogP contribution in [0.4, 0.5) is 11.4 Å². The van der Waals surface area contributed by atoms with Gasteiger partial charge in [-0.25, -0.2) is 8.42 Å². The lowest BCUT2D eigenvalue weighted by molar-refractivity contribution is -0.115. The average Bonchev–Trinajstić information content (AvgIpc) is 2.90. The second-order valence-corrected chi connectivity index (χ2v) is 10.6. The number of anilines is 2. The Bertz CT molecular complexity index is 1460. The summed E-state index contributed by atoms with van der Waals surface area (Å²) >= 11 is 0. The molecule has 0 fully saturated rings. The van der Waals surface area contributed by atoms with Crippen LogP contribution < -0.4 is 10.6 Å². The van der Waals surface area contributed by atoms with Gasteiger partial charge in [-0.15, -0.1) is 0 Å². The quantitative estimate of drug-likeness (QED) is 0.331. The van der Waals surface area contributed by atoms with Gasteiger partial charge in [-0.3, -0.25) is 9.59 Å². The molecule has 0 unspecified atom stereocenters. The summed E-state index contributed by atoms with van der Waals surface area (Å²) in [6.07, 6.45) is 0.261. The van der Waals surface area contributed by atoms with Gasteiger partial charge in [0.15, 0.2) is 0 Å². The molecular formula is C29H27N3O4S. The Labute approximate surface area is 216 Å². The number of hydrogen-bond donors (Lipinski definition) is 2. The first-order valence-electron chi connectivity index (χ1n) is 11.7. The normalized spacial score (nSPS) is 11.2. The van der Waals surface area contributed by atoms with Crippen molar-refractivity contribution < 1.29 is 18.0 Å². The maximum Gasteiger partial charge on any atom is 0.255 e. The van der Waals surface area contributed by atoms with Crippen molar-refractivity contribution in [2.45, 2.75) is 17.9 Å². The highest BCUT2D eigenvalue weighted by molar-refractivity contribution is 7.89. The van der Waals surface area contributed by atoms with Crippen molar-refractivity contribution in [3.05, 3.63) is 126 Å². The third-order valence-corrected chi connectivity index (χ3v) is 7.52. The van der Waals surface area contributed by atoms with Crippen LogP contribution >= 0.6 is 0 Å². The van der Waals surface area contributed by atoms with Crippen molar-refractivity contribution in [2.75, 3.05) is 17.7 Å². The molecule has 4 aromatic rings. The minimum atomic E-state index is -3.68. The number of carbonyl (C=O) groups is 2. The molecule has 0 aliphatic rings. The molecular weight excluding hydrogens is 486 g/mol. The van der Waals surface area contributed by atoms with Crippen LogP contribution in [0.15, 0.2) is 114 Å². The van der Waals surface area contributed by atoms with E-state index in [1.807, 2.05) is 60.7 Å². The van der Waals surface area contributed by atoms with E-state index in [-0.39, 0.29) is 29.7 Å². The molecule has 0 aliphatic carbocycles. The minimum Gasteiger partial charge on any atom is -0.326 e. The number of rotatable bonds is 9. The fourth-order valence-corrected chi connectivity index (χ4v) is 4.87. The molecule has 0 saturated carbocycles. The molecule has 8 heteroatoms. The van der Waals surface area contributed by atoms with E-state index in [1.165, 1.54) is 23.5 Å². The number of carbonyl (C=O) groups excluding carboxylic acids is 2. The Morgan fingerprint density at radius 2 is 1.19 bits per heavy atom. The van der Waals surface area contributed by atoms with Gasteiger partial charge in [0, 0.05) is 30.5 Å². The van der Waals surface area contributed by atoms with Gasteiger partial charge < -0.3 is 10.6 Å². The summed E-state index contributed by atoms with van der Waals surface area (Å²) < 4.78 is 27.1. The zero-order valence-electron chi connectivity index (χ0n) is 20.3. The standard InChI is InChI=1S/C29H27N3O4S/c1-32(21-23-10-6-3-7-11-23)37(35,36)27-18-16-26(17-19-27)31-29(34)24-12-14-25(15-13-24)30-28(33)20-22-8-4-2-5-9-22/h2-19H,20-21H2,1H3,(H,30,33)(H,31,34). The molecule has 188 valence electrons. The van der Waals surface area contributed by atoms with Crippen LogP contribution in [-0.2, 0) is 27.8 Å². The van der Waals surface area contributed by atoms with Crippen molar-refractivity contribution in [3.8, 4) is 0 Å². The Morgan fingerprint density at radius 3 is 1.78 bits per heavy atom.